The third-order valence-corrected chi connectivity index (χ3v) is 7.55. The van der Waals surface area contributed by atoms with Gasteiger partial charge in [0.05, 0.1) is 28.5 Å². The molecule has 1 aliphatic rings. The predicted octanol–water partition coefficient (Wildman–Crippen LogP) is 1.36. The fourth-order valence-corrected chi connectivity index (χ4v) is 6.02. The minimum absolute atomic E-state index is 0.413. The lowest BCUT2D eigenvalue weighted by Crippen LogP contribution is -2.67. The monoisotopic (exact) mass is 492 g/mol. The Labute approximate surface area is 196 Å². The number of thiazole rings is 2. The second-order valence-electron chi connectivity index (χ2n) is 7.33. The highest BCUT2D eigenvalue weighted by Crippen LogP contribution is 2.45. The number of aliphatic hydroxyl groups is 2. The van der Waals surface area contributed by atoms with E-state index in [9.17, 15) is 10.2 Å². The summed E-state index contributed by atoms with van der Waals surface area (Å²) in [5, 5.41) is 32.4. The molecule has 32 heavy (non-hydrogen) atoms. The van der Waals surface area contributed by atoms with Crippen LogP contribution in [0.3, 0.4) is 0 Å². The molecule has 1 aromatic carbocycles. The predicted molar refractivity (Wildman–Crippen MR) is 124 cm³/mol. The minimum atomic E-state index is -1.31. The van der Waals surface area contributed by atoms with Crippen LogP contribution in [0.25, 0.3) is 21.6 Å². The van der Waals surface area contributed by atoms with E-state index in [1.165, 1.54) is 29.8 Å². The first-order valence-electron chi connectivity index (χ1n) is 9.62. The summed E-state index contributed by atoms with van der Waals surface area (Å²) in [6.07, 6.45) is -1.25. The number of nitrogens with two attached hydrogens (primary N) is 1. The number of aromatic nitrogens is 5. The van der Waals surface area contributed by atoms with Gasteiger partial charge >= 0.3 is 0 Å². The number of anilines is 1. The molecule has 0 spiro atoms. The van der Waals surface area contributed by atoms with Crippen molar-refractivity contribution in [3.63, 3.8) is 0 Å². The van der Waals surface area contributed by atoms with Gasteiger partial charge in [-0.25, -0.2) is 14.6 Å². The topological polar surface area (TPSA) is 141 Å². The zero-order valence-corrected chi connectivity index (χ0v) is 19.3. The Kier molecular flexibility index (Phi) is 5.65. The summed E-state index contributed by atoms with van der Waals surface area (Å²) in [6.45, 7) is -0.413. The van der Waals surface area contributed by atoms with Crippen LogP contribution in [0.4, 0.5) is 5.13 Å². The molecule has 4 aromatic rings. The van der Waals surface area contributed by atoms with E-state index in [1.54, 1.807) is 21.8 Å². The molecule has 13 heteroatoms. The smallest absolute Gasteiger partial charge is 0.180 e. The Morgan fingerprint density at radius 3 is 2.91 bits per heavy atom. The summed E-state index contributed by atoms with van der Waals surface area (Å²) in [7, 11) is 1.52. The van der Waals surface area contributed by atoms with Crippen LogP contribution in [0, 0.1) is 0 Å². The molecular weight excluding hydrogens is 472 g/mol. The van der Waals surface area contributed by atoms with Crippen LogP contribution in [0.15, 0.2) is 35.3 Å². The maximum absolute atomic E-state index is 11.6. The van der Waals surface area contributed by atoms with Crippen LogP contribution in [0.1, 0.15) is 5.56 Å². The van der Waals surface area contributed by atoms with Crippen molar-refractivity contribution >= 4 is 50.7 Å². The van der Waals surface area contributed by atoms with Crippen molar-refractivity contribution in [3.8, 4) is 11.4 Å². The standard InChI is InChI=1S/C19H20N6O4S3/c1-28-16-17(30)29-13(6-26)15(27)19(16,9-2-3-10-14(4-9)32-8-21-10)25-5-11(23-24-25)12-7-31-18(20)22-12/h2-5,7-8,13,15-17,26-27,30H,6H2,1H3,(H2,20,22)/t13-,15+,16+,17-,19?/m1/s1. The first-order chi connectivity index (χ1) is 15.5. The zero-order valence-electron chi connectivity index (χ0n) is 16.8. The highest BCUT2D eigenvalue weighted by molar-refractivity contribution is 7.80. The second kappa shape index (κ2) is 8.33. The molecule has 5 atom stereocenters. The average Bonchev–Trinajstić information content (AvgIpc) is 3.54. The van der Waals surface area contributed by atoms with Gasteiger partial charge in [0.25, 0.3) is 0 Å². The summed E-state index contributed by atoms with van der Waals surface area (Å²) in [6, 6.07) is 5.67. The van der Waals surface area contributed by atoms with Gasteiger partial charge in [-0.2, -0.15) is 0 Å². The first-order valence-corrected chi connectivity index (χ1v) is 11.9. The quantitative estimate of drug-likeness (QED) is 0.304. The summed E-state index contributed by atoms with van der Waals surface area (Å²) in [4.78, 5) is 8.62. The molecule has 3 aromatic heterocycles. The Bertz CT molecular complexity index is 1240. The fourth-order valence-electron chi connectivity index (χ4n) is 4.24. The highest BCUT2D eigenvalue weighted by Gasteiger charge is 2.59. The molecule has 1 fully saturated rings. The lowest BCUT2D eigenvalue weighted by Gasteiger charge is -2.51. The lowest BCUT2D eigenvalue weighted by molar-refractivity contribution is -0.213. The molecule has 1 saturated heterocycles. The molecule has 0 radical (unpaired) electrons. The van der Waals surface area contributed by atoms with Gasteiger partial charge in [0, 0.05) is 12.5 Å². The van der Waals surface area contributed by atoms with Crippen molar-refractivity contribution in [2.24, 2.45) is 0 Å². The summed E-state index contributed by atoms with van der Waals surface area (Å²) in [5.41, 5.74) is 8.06. The van der Waals surface area contributed by atoms with E-state index >= 15 is 0 Å². The number of nitrogens with zero attached hydrogens (tertiary/aromatic N) is 5. The van der Waals surface area contributed by atoms with E-state index in [-0.39, 0.29) is 0 Å². The molecule has 5 rings (SSSR count). The van der Waals surface area contributed by atoms with Gasteiger partial charge in [-0.15, -0.1) is 40.4 Å². The molecule has 4 heterocycles. The van der Waals surface area contributed by atoms with Crippen LogP contribution >= 0.6 is 35.3 Å². The Morgan fingerprint density at radius 2 is 2.19 bits per heavy atom. The van der Waals surface area contributed by atoms with Gasteiger partial charge in [-0.3, -0.25) is 0 Å². The van der Waals surface area contributed by atoms with E-state index in [4.69, 9.17) is 15.2 Å². The normalized spacial score (nSPS) is 28.4. The van der Waals surface area contributed by atoms with Crippen molar-refractivity contribution in [2.75, 3.05) is 19.5 Å². The number of benzene rings is 1. The van der Waals surface area contributed by atoms with Crippen LogP contribution in [0.5, 0.6) is 0 Å². The number of aliphatic hydroxyl groups excluding tert-OH is 2. The molecule has 0 aliphatic carbocycles. The summed E-state index contributed by atoms with van der Waals surface area (Å²) in [5.74, 6) is 0. The third-order valence-electron chi connectivity index (χ3n) is 5.69. The summed E-state index contributed by atoms with van der Waals surface area (Å²) < 4.78 is 14.1. The molecule has 168 valence electrons. The molecule has 0 bridgehead atoms. The van der Waals surface area contributed by atoms with E-state index < -0.39 is 35.9 Å². The van der Waals surface area contributed by atoms with Crippen LogP contribution < -0.4 is 5.73 Å². The largest absolute Gasteiger partial charge is 0.394 e. The van der Waals surface area contributed by atoms with Crippen LogP contribution in [-0.2, 0) is 15.0 Å². The SMILES string of the molecule is CO[C@H]1[C@@H](S)O[C@H](CO)[C@H](O)C1(c1ccc2ncsc2c1)n1cc(-c2csc(N)n2)nn1. The third kappa shape index (κ3) is 3.23. The number of ether oxygens (including phenoxy) is 2. The average molecular weight is 493 g/mol. The molecule has 10 nitrogen and oxygen atoms in total. The van der Waals surface area contributed by atoms with Gasteiger partial charge in [-0.1, -0.05) is 11.3 Å². The number of hydrogen-bond acceptors (Lipinski definition) is 12. The fraction of sp³-hybridized carbons (Fsp3) is 0.368. The lowest BCUT2D eigenvalue weighted by atomic mass is 9.75. The molecule has 4 N–H and O–H groups in total. The van der Waals surface area contributed by atoms with Gasteiger partial charge in [-0.05, 0) is 17.7 Å². The highest BCUT2D eigenvalue weighted by atomic mass is 32.1. The van der Waals surface area contributed by atoms with E-state index in [0.29, 0.717) is 22.1 Å². The first kappa shape index (κ1) is 21.7. The number of rotatable bonds is 5. The Hall–Kier alpha value is -2.13. The summed E-state index contributed by atoms with van der Waals surface area (Å²) >= 11 is 7.35. The zero-order chi connectivity index (χ0) is 22.5. The van der Waals surface area contributed by atoms with Crippen molar-refractivity contribution in [3.05, 3.63) is 40.8 Å². The molecule has 1 unspecified atom stereocenters. The van der Waals surface area contributed by atoms with E-state index in [1.807, 2.05) is 18.2 Å². The van der Waals surface area contributed by atoms with Gasteiger partial charge in [0.2, 0.25) is 0 Å². The van der Waals surface area contributed by atoms with Gasteiger partial charge < -0.3 is 25.4 Å². The van der Waals surface area contributed by atoms with E-state index in [0.717, 1.165) is 10.2 Å². The molecular formula is C19H20N6O4S3. The number of fused-ring (bicyclic) bond motifs is 1. The van der Waals surface area contributed by atoms with E-state index in [2.05, 4.69) is 32.9 Å². The molecule has 0 saturated carbocycles. The minimum Gasteiger partial charge on any atom is -0.394 e. The van der Waals surface area contributed by atoms with Crippen LogP contribution in [0.2, 0.25) is 0 Å². The van der Waals surface area contributed by atoms with Crippen molar-refractivity contribution in [1.29, 1.82) is 0 Å². The molecule has 0 amide bonds. The number of nitrogen functional groups attached to an aromatic ring is 1. The second-order valence-corrected chi connectivity index (χ2v) is 9.61. The number of thiol groups is 1. The maximum atomic E-state index is 11.6. The number of hydrogen-bond donors (Lipinski definition) is 4. The van der Waals surface area contributed by atoms with Crippen molar-refractivity contribution in [1.82, 2.24) is 25.0 Å². The van der Waals surface area contributed by atoms with Crippen molar-refractivity contribution < 1.29 is 19.7 Å². The van der Waals surface area contributed by atoms with Gasteiger partial charge in [0.1, 0.15) is 40.7 Å². The Morgan fingerprint density at radius 1 is 1.34 bits per heavy atom. The maximum Gasteiger partial charge on any atom is 0.180 e. The van der Waals surface area contributed by atoms with Crippen LogP contribution in [-0.4, -0.2) is 72.6 Å². The number of methoxy groups -OCH3 is 1. The van der Waals surface area contributed by atoms with Crippen molar-refractivity contribution in [2.45, 2.75) is 29.3 Å². The van der Waals surface area contributed by atoms with Gasteiger partial charge in [0.15, 0.2) is 5.13 Å². The Balaban J connectivity index is 1.75. The molecule has 1 aliphatic heterocycles.